The summed E-state index contributed by atoms with van der Waals surface area (Å²) in [6.45, 7) is 0.323. The van der Waals surface area contributed by atoms with Crippen LogP contribution < -0.4 is 4.90 Å². The summed E-state index contributed by atoms with van der Waals surface area (Å²) < 4.78 is 13.3. The van der Waals surface area contributed by atoms with Crippen LogP contribution in [0.1, 0.15) is 15.9 Å². The first-order valence-electron chi connectivity index (χ1n) is 8.02. The molecule has 0 saturated heterocycles. The molecule has 1 aliphatic heterocycles. The zero-order valence-electron chi connectivity index (χ0n) is 13.4. The standard InChI is InChI=1S/C21H15FN2O/c22-16-10-12-17(13-11-16)24-14-20(15-6-2-1-3-7-15)23-19-9-5-4-8-18(19)21(24)25/h1-13H,14H2. The highest BCUT2D eigenvalue weighted by molar-refractivity contribution is 6.17. The van der Waals surface area contributed by atoms with E-state index in [9.17, 15) is 9.18 Å². The van der Waals surface area contributed by atoms with E-state index >= 15 is 0 Å². The maximum absolute atomic E-state index is 13.3. The molecule has 0 spiro atoms. The van der Waals surface area contributed by atoms with Crippen LogP contribution in [0.2, 0.25) is 0 Å². The van der Waals surface area contributed by atoms with E-state index in [1.54, 1.807) is 23.1 Å². The SMILES string of the molecule is O=C1c2ccccc2N=C(c2ccccc2)CN1c1ccc(F)cc1. The van der Waals surface area contributed by atoms with Crippen LogP contribution in [0.15, 0.2) is 83.9 Å². The minimum absolute atomic E-state index is 0.142. The van der Waals surface area contributed by atoms with Crippen molar-refractivity contribution in [2.75, 3.05) is 11.4 Å². The molecule has 122 valence electrons. The van der Waals surface area contributed by atoms with E-state index in [2.05, 4.69) is 0 Å². The van der Waals surface area contributed by atoms with Crippen molar-refractivity contribution in [3.05, 3.63) is 95.8 Å². The van der Waals surface area contributed by atoms with Gasteiger partial charge in [0.25, 0.3) is 5.91 Å². The van der Waals surface area contributed by atoms with Crippen LogP contribution >= 0.6 is 0 Å². The number of rotatable bonds is 2. The molecule has 3 aromatic carbocycles. The average Bonchev–Trinajstić information content (AvgIpc) is 2.80. The van der Waals surface area contributed by atoms with Crippen molar-refractivity contribution >= 4 is 23.0 Å². The Labute approximate surface area is 145 Å². The highest BCUT2D eigenvalue weighted by atomic mass is 19.1. The molecule has 4 heteroatoms. The molecule has 3 aromatic rings. The molecule has 0 N–H and O–H groups in total. The highest BCUT2D eigenvalue weighted by Crippen LogP contribution is 2.28. The number of carbonyl (C=O) groups is 1. The van der Waals surface area contributed by atoms with E-state index < -0.39 is 0 Å². The summed E-state index contributed by atoms with van der Waals surface area (Å²) in [4.78, 5) is 19.4. The number of carbonyl (C=O) groups excluding carboxylic acids is 1. The van der Waals surface area contributed by atoms with Gasteiger partial charge < -0.3 is 4.90 Å². The Morgan fingerprint density at radius 1 is 0.840 bits per heavy atom. The van der Waals surface area contributed by atoms with Gasteiger partial charge in [-0.05, 0) is 42.0 Å². The second-order valence-electron chi connectivity index (χ2n) is 5.81. The van der Waals surface area contributed by atoms with Crippen LogP contribution in [0.3, 0.4) is 0 Å². The zero-order valence-corrected chi connectivity index (χ0v) is 13.4. The fourth-order valence-electron chi connectivity index (χ4n) is 2.92. The number of amides is 1. The molecule has 0 unspecified atom stereocenters. The number of para-hydroxylation sites is 1. The first kappa shape index (κ1) is 15.3. The summed E-state index contributed by atoms with van der Waals surface area (Å²) >= 11 is 0. The van der Waals surface area contributed by atoms with Crippen LogP contribution in [0.5, 0.6) is 0 Å². The number of nitrogens with zero attached hydrogens (tertiary/aromatic N) is 2. The number of hydrogen-bond acceptors (Lipinski definition) is 2. The first-order valence-corrected chi connectivity index (χ1v) is 8.02. The fraction of sp³-hybridized carbons (Fsp3) is 0.0476. The summed E-state index contributed by atoms with van der Waals surface area (Å²) in [5.41, 5.74) is 3.59. The summed E-state index contributed by atoms with van der Waals surface area (Å²) in [7, 11) is 0. The van der Waals surface area contributed by atoms with Crippen LogP contribution in [0.4, 0.5) is 15.8 Å². The van der Waals surface area contributed by atoms with Crippen molar-refractivity contribution < 1.29 is 9.18 Å². The van der Waals surface area contributed by atoms with Crippen molar-refractivity contribution in [3.8, 4) is 0 Å². The minimum Gasteiger partial charge on any atom is -0.302 e. The van der Waals surface area contributed by atoms with Gasteiger partial charge in [-0.3, -0.25) is 9.79 Å². The van der Waals surface area contributed by atoms with Crippen LogP contribution in [0, 0.1) is 5.82 Å². The van der Waals surface area contributed by atoms with Gasteiger partial charge in [0.2, 0.25) is 0 Å². The average molecular weight is 330 g/mol. The van der Waals surface area contributed by atoms with Crippen LogP contribution in [0.25, 0.3) is 0 Å². The van der Waals surface area contributed by atoms with Gasteiger partial charge in [0, 0.05) is 5.69 Å². The minimum atomic E-state index is -0.330. The second kappa shape index (κ2) is 6.32. The lowest BCUT2D eigenvalue weighted by Crippen LogP contribution is -2.34. The van der Waals surface area contributed by atoms with Crippen molar-refractivity contribution in [3.63, 3.8) is 0 Å². The summed E-state index contributed by atoms with van der Waals surface area (Å²) in [6, 6.07) is 23.0. The molecule has 0 radical (unpaired) electrons. The Hall–Kier alpha value is -3.27. The predicted molar refractivity (Wildman–Crippen MR) is 97.2 cm³/mol. The molecule has 1 amide bonds. The lowest BCUT2D eigenvalue weighted by atomic mass is 10.1. The van der Waals surface area contributed by atoms with E-state index in [1.807, 2.05) is 48.5 Å². The molecule has 3 nitrogen and oxygen atoms in total. The number of hydrogen-bond donors (Lipinski definition) is 0. The molecule has 4 rings (SSSR count). The highest BCUT2D eigenvalue weighted by Gasteiger charge is 2.25. The lowest BCUT2D eigenvalue weighted by Gasteiger charge is -2.22. The monoisotopic (exact) mass is 330 g/mol. The second-order valence-corrected chi connectivity index (χ2v) is 5.81. The quantitative estimate of drug-likeness (QED) is 0.675. The maximum atomic E-state index is 13.3. The van der Waals surface area contributed by atoms with Crippen LogP contribution in [-0.2, 0) is 0 Å². The Morgan fingerprint density at radius 2 is 1.52 bits per heavy atom. The molecule has 0 saturated carbocycles. The summed E-state index contributed by atoms with van der Waals surface area (Å²) in [6.07, 6.45) is 0. The van der Waals surface area contributed by atoms with E-state index in [1.165, 1.54) is 12.1 Å². The van der Waals surface area contributed by atoms with E-state index in [-0.39, 0.29) is 11.7 Å². The van der Waals surface area contributed by atoms with E-state index in [0.29, 0.717) is 23.5 Å². The third-order valence-electron chi connectivity index (χ3n) is 4.19. The molecule has 0 atom stereocenters. The Bertz CT molecular complexity index is 949. The molecule has 1 aliphatic rings. The van der Waals surface area contributed by atoms with Gasteiger partial charge in [-0.25, -0.2) is 4.39 Å². The molecule has 1 heterocycles. The van der Waals surface area contributed by atoms with Crippen molar-refractivity contribution in [2.45, 2.75) is 0 Å². The number of halogens is 1. The largest absolute Gasteiger partial charge is 0.302 e. The number of fused-ring (bicyclic) bond motifs is 1. The van der Waals surface area contributed by atoms with Gasteiger partial charge in [0.15, 0.2) is 0 Å². The molecule has 25 heavy (non-hydrogen) atoms. The van der Waals surface area contributed by atoms with Gasteiger partial charge >= 0.3 is 0 Å². The van der Waals surface area contributed by atoms with Gasteiger partial charge in [0.05, 0.1) is 23.5 Å². The number of anilines is 1. The predicted octanol–water partition coefficient (Wildman–Crippen LogP) is 4.61. The molecule has 0 aliphatic carbocycles. The molecule has 0 fully saturated rings. The summed E-state index contributed by atoms with van der Waals surface area (Å²) in [5, 5.41) is 0. The number of aliphatic imine (C=N–C) groups is 1. The number of benzene rings is 3. The van der Waals surface area contributed by atoms with Gasteiger partial charge in [-0.2, -0.15) is 0 Å². The normalized spacial score (nSPS) is 13.9. The molecule has 0 aromatic heterocycles. The fourth-order valence-corrected chi connectivity index (χ4v) is 2.92. The summed E-state index contributed by atoms with van der Waals surface area (Å²) in [5.74, 6) is -0.472. The topological polar surface area (TPSA) is 32.7 Å². The van der Waals surface area contributed by atoms with E-state index in [0.717, 1.165) is 11.3 Å². The van der Waals surface area contributed by atoms with Crippen LogP contribution in [-0.4, -0.2) is 18.2 Å². The van der Waals surface area contributed by atoms with Gasteiger partial charge in [-0.1, -0.05) is 42.5 Å². The molecular weight excluding hydrogens is 315 g/mol. The van der Waals surface area contributed by atoms with Crippen molar-refractivity contribution in [1.82, 2.24) is 0 Å². The van der Waals surface area contributed by atoms with Gasteiger partial charge in [0.1, 0.15) is 5.82 Å². The molecular formula is C21H15FN2O. The van der Waals surface area contributed by atoms with E-state index in [4.69, 9.17) is 4.99 Å². The Morgan fingerprint density at radius 3 is 2.28 bits per heavy atom. The lowest BCUT2D eigenvalue weighted by molar-refractivity contribution is 0.0992. The smallest absolute Gasteiger partial charge is 0.260 e. The van der Waals surface area contributed by atoms with Crippen molar-refractivity contribution in [2.24, 2.45) is 4.99 Å². The third kappa shape index (κ3) is 2.94. The van der Waals surface area contributed by atoms with Crippen molar-refractivity contribution in [1.29, 1.82) is 0 Å². The third-order valence-corrected chi connectivity index (χ3v) is 4.19. The van der Waals surface area contributed by atoms with Gasteiger partial charge in [-0.15, -0.1) is 0 Å². The maximum Gasteiger partial charge on any atom is 0.260 e. The first-order chi connectivity index (χ1) is 12.2. The zero-order chi connectivity index (χ0) is 17.2. The molecule has 0 bridgehead atoms. The Kier molecular flexibility index (Phi) is 3.86. The Balaban J connectivity index is 1.86.